The smallest absolute Gasteiger partial charge is 0.466 e. The van der Waals surface area contributed by atoms with Crippen LogP contribution < -0.4 is 10.1 Å². The zero-order chi connectivity index (χ0) is 19.3. The number of nitrogens with one attached hydrogen (secondary N) is 1. The van der Waals surface area contributed by atoms with Crippen molar-refractivity contribution in [2.45, 2.75) is 6.36 Å². The second kappa shape index (κ2) is 8.23. The van der Waals surface area contributed by atoms with Gasteiger partial charge in [-0.2, -0.15) is 5.10 Å². The zero-order valence-electron chi connectivity index (χ0n) is 12.8. The molecule has 138 valence electrons. The van der Waals surface area contributed by atoms with E-state index in [1.165, 1.54) is 12.1 Å². The molecule has 0 aliphatic carbocycles. The number of ether oxygens (including phenoxy) is 2. The van der Waals surface area contributed by atoms with Gasteiger partial charge in [-0.05, 0) is 23.9 Å². The largest absolute Gasteiger partial charge is 0.573 e. The fourth-order valence-corrected chi connectivity index (χ4v) is 2.59. The number of carbonyl (C=O) groups is 2. The first-order valence-corrected chi connectivity index (χ1v) is 7.83. The Morgan fingerprint density at radius 2 is 2.12 bits per heavy atom. The van der Waals surface area contributed by atoms with E-state index in [1.807, 2.05) is 0 Å². The summed E-state index contributed by atoms with van der Waals surface area (Å²) < 4.78 is 45.5. The number of halogens is 4. The molecule has 1 aliphatic heterocycles. The Bertz CT molecular complexity index is 824. The summed E-state index contributed by atoms with van der Waals surface area (Å²) in [4.78, 5) is 22.8. The molecule has 2 rings (SSSR count). The Morgan fingerprint density at radius 3 is 2.77 bits per heavy atom. The van der Waals surface area contributed by atoms with Crippen LogP contribution in [-0.2, 0) is 14.3 Å². The van der Waals surface area contributed by atoms with E-state index in [9.17, 15) is 22.8 Å². The molecule has 1 aromatic rings. The minimum Gasteiger partial charge on any atom is -0.466 e. The lowest BCUT2D eigenvalue weighted by Gasteiger charge is -2.11. The minimum absolute atomic E-state index is 0.0201. The maximum atomic E-state index is 12.4. The molecule has 0 radical (unpaired) electrons. The van der Waals surface area contributed by atoms with Crippen molar-refractivity contribution in [3.05, 3.63) is 39.8 Å². The second-order valence-corrected chi connectivity index (χ2v) is 5.87. The summed E-state index contributed by atoms with van der Waals surface area (Å²) >= 11 is 6.66. The number of alkyl halides is 3. The van der Waals surface area contributed by atoms with Crippen molar-refractivity contribution in [3.8, 4) is 5.75 Å². The number of hydrogen-bond acceptors (Lipinski definition) is 7. The second-order valence-electron chi connectivity index (χ2n) is 4.44. The third-order valence-electron chi connectivity index (χ3n) is 2.68. The summed E-state index contributed by atoms with van der Waals surface area (Å²) in [5, 5.41) is 9.57. The van der Waals surface area contributed by atoms with Gasteiger partial charge in [0.15, 0.2) is 5.17 Å². The molecule has 0 bridgehead atoms. The number of rotatable bonds is 4. The molecule has 1 aromatic carbocycles. The maximum absolute atomic E-state index is 12.4. The standard InChI is InChI=1S/C14H9ClF3N3O4S/c1-24-11(22)5-10-12(23)20-13(26-10)21-19-6-7-8(15)3-2-4-9(7)25-14(16,17)18/h2-6H,1H3,(H,20,21,23)/b10-5+,19-6?. The van der Waals surface area contributed by atoms with E-state index < -0.39 is 24.0 Å². The molecule has 1 fully saturated rings. The molecule has 26 heavy (non-hydrogen) atoms. The molecule has 0 atom stereocenters. The van der Waals surface area contributed by atoms with Crippen molar-refractivity contribution in [2.75, 3.05) is 7.11 Å². The molecule has 7 nitrogen and oxygen atoms in total. The summed E-state index contributed by atoms with van der Waals surface area (Å²) in [5.74, 6) is -1.87. The lowest BCUT2D eigenvalue weighted by Crippen LogP contribution is -2.19. The van der Waals surface area contributed by atoms with E-state index in [0.29, 0.717) is 0 Å². The Balaban J connectivity index is 2.19. The molecule has 1 aliphatic rings. The van der Waals surface area contributed by atoms with Gasteiger partial charge < -0.3 is 9.47 Å². The number of hydrogen-bond donors (Lipinski definition) is 1. The van der Waals surface area contributed by atoms with Gasteiger partial charge in [-0.25, -0.2) is 4.79 Å². The highest BCUT2D eigenvalue weighted by Crippen LogP contribution is 2.30. The molecule has 1 saturated heterocycles. The number of amidine groups is 1. The predicted octanol–water partition coefficient (Wildman–Crippen LogP) is 2.85. The number of nitrogens with zero attached hydrogens (tertiary/aromatic N) is 2. The van der Waals surface area contributed by atoms with Crippen LogP contribution in [0.4, 0.5) is 13.2 Å². The lowest BCUT2D eigenvalue weighted by atomic mass is 10.2. The van der Waals surface area contributed by atoms with Gasteiger partial charge in [-0.3, -0.25) is 10.1 Å². The molecule has 0 unspecified atom stereocenters. The first kappa shape index (κ1) is 19.8. The Labute approximate surface area is 153 Å². The van der Waals surface area contributed by atoms with Crippen LogP contribution in [-0.4, -0.2) is 36.7 Å². The van der Waals surface area contributed by atoms with Gasteiger partial charge in [0.1, 0.15) is 5.75 Å². The SMILES string of the molecule is COC(=O)/C=C1/S/C(=N\N=Cc2c(Cl)cccc2OC(F)(F)F)NC1=O. The summed E-state index contributed by atoms with van der Waals surface area (Å²) in [7, 11) is 1.15. The third-order valence-corrected chi connectivity index (χ3v) is 3.90. The van der Waals surface area contributed by atoms with Crippen LogP contribution in [0.1, 0.15) is 5.56 Å². The van der Waals surface area contributed by atoms with Crippen molar-refractivity contribution in [1.82, 2.24) is 5.32 Å². The van der Waals surface area contributed by atoms with Gasteiger partial charge in [0, 0.05) is 6.08 Å². The molecule has 0 saturated carbocycles. The van der Waals surface area contributed by atoms with Gasteiger partial charge in [0.05, 0.1) is 28.8 Å². The molecule has 0 spiro atoms. The van der Waals surface area contributed by atoms with E-state index in [0.717, 1.165) is 37.2 Å². The highest BCUT2D eigenvalue weighted by Gasteiger charge is 2.32. The van der Waals surface area contributed by atoms with Crippen LogP contribution >= 0.6 is 23.4 Å². The van der Waals surface area contributed by atoms with Crippen molar-refractivity contribution in [1.29, 1.82) is 0 Å². The van der Waals surface area contributed by atoms with Crippen LogP contribution in [0, 0.1) is 0 Å². The van der Waals surface area contributed by atoms with Gasteiger partial charge >= 0.3 is 12.3 Å². The molecule has 12 heteroatoms. The zero-order valence-corrected chi connectivity index (χ0v) is 14.4. The normalized spacial score (nSPS) is 17.8. The average Bonchev–Trinajstić information content (AvgIpc) is 2.88. The van der Waals surface area contributed by atoms with E-state index in [2.05, 4.69) is 25.0 Å². The Morgan fingerprint density at radius 1 is 1.38 bits per heavy atom. The third kappa shape index (κ3) is 5.49. The van der Waals surface area contributed by atoms with Crippen molar-refractivity contribution >= 4 is 46.6 Å². The Hall–Kier alpha value is -2.53. The number of methoxy groups -OCH3 is 1. The van der Waals surface area contributed by atoms with E-state index in [-0.39, 0.29) is 20.7 Å². The fraction of sp³-hybridized carbons (Fsp3) is 0.143. The number of carbonyl (C=O) groups excluding carboxylic acids is 2. The van der Waals surface area contributed by atoms with Crippen LogP contribution in [0.25, 0.3) is 0 Å². The molecular weight excluding hydrogens is 399 g/mol. The molecule has 1 N–H and O–H groups in total. The average molecular weight is 408 g/mol. The van der Waals surface area contributed by atoms with Crippen LogP contribution in [0.3, 0.4) is 0 Å². The first-order chi connectivity index (χ1) is 12.2. The van der Waals surface area contributed by atoms with Gasteiger partial charge in [-0.1, -0.05) is 17.7 Å². The molecule has 0 aromatic heterocycles. The Kier molecular flexibility index (Phi) is 6.27. The van der Waals surface area contributed by atoms with Gasteiger partial charge in [0.25, 0.3) is 5.91 Å². The predicted molar refractivity (Wildman–Crippen MR) is 89.0 cm³/mol. The summed E-state index contributed by atoms with van der Waals surface area (Å²) in [6.45, 7) is 0. The topological polar surface area (TPSA) is 89.3 Å². The van der Waals surface area contributed by atoms with Crippen molar-refractivity contribution in [2.24, 2.45) is 10.2 Å². The quantitative estimate of drug-likeness (QED) is 0.359. The monoisotopic (exact) mass is 407 g/mol. The summed E-state index contributed by atoms with van der Waals surface area (Å²) in [6.07, 6.45) is -2.98. The molecule has 1 heterocycles. The summed E-state index contributed by atoms with van der Waals surface area (Å²) in [5.41, 5.74) is -0.143. The van der Waals surface area contributed by atoms with E-state index in [1.54, 1.807) is 0 Å². The highest BCUT2D eigenvalue weighted by molar-refractivity contribution is 8.18. The summed E-state index contributed by atoms with van der Waals surface area (Å²) in [6, 6.07) is 3.70. The number of benzene rings is 1. The maximum Gasteiger partial charge on any atom is 0.573 e. The van der Waals surface area contributed by atoms with Crippen molar-refractivity contribution < 1.29 is 32.2 Å². The van der Waals surface area contributed by atoms with E-state index in [4.69, 9.17) is 11.6 Å². The number of esters is 1. The highest BCUT2D eigenvalue weighted by atomic mass is 35.5. The minimum atomic E-state index is -4.90. The van der Waals surface area contributed by atoms with E-state index >= 15 is 0 Å². The number of thioether (sulfide) groups is 1. The van der Waals surface area contributed by atoms with Gasteiger partial charge in [0.2, 0.25) is 0 Å². The van der Waals surface area contributed by atoms with Gasteiger partial charge in [-0.15, -0.1) is 18.3 Å². The first-order valence-electron chi connectivity index (χ1n) is 6.63. The molecular formula is C14H9ClF3N3O4S. The van der Waals surface area contributed by atoms with Crippen molar-refractivity contribution in [3.63, 3.8) is 0 Å². The molecule has 1 amide bonds. The van der Waals surface area contributed by atoms with Crippen LogP contribution in [0.2, 0.25) is 5.02 Å². The fourth-order valence-electron chi connectivity index (χ4n) is 1.64. The number of amides is 1. The van der Waals surface area contributed by atoms with Crippen LogP contribution in [0.5, 0.6) is 5.75 Å². The lowest BCUT2D eigenvalue weighted by molar-refractivity contribution is -0.274. The van der Waals surface area contributed by atoms with Crippen LogP contribution in [0.15, 0.2) is 39.4 Å².